The van der Waals surface area contributed by atoms with E-state index in [4.69, 9.17) is 4.43 Å². The lowest BCUT2D eigenvalue weighted by molar-refractivity contribution is -0.158. The first kappa shape index (κ1) is 24.3. The van der Waals surface area contributed by atoms with E-state index in [-0.39, 0.29) is 23.0 Å². The van der Waals surface area contributed by atoms with Gasteiger partial charge in [-0.1, -0.05) is 65.8 Å². The lowest BCUT2D eigenvalue weighted by Gasteiger charge is -2.48. The summed E-state index contributed by atoms with van der Waals surface area (Å²) < 4.78 is 20.1. The van der Waals surface area contributed by atoms with E-state index in [2.05, 4.69) is 41.5 Å². The van der Waals surface area contributed by atoms with Gasteiger partial charge >= 0.3 is 0 Å². The molecule has 2 unspecified atom stereocenters. The third kappa shape index (κ3) is 4.57. The maximum Gasteiger partial charge on any atom is 0.261 e. The van der Waals surface area contributed by atoms with E-state index in [0.29, 0.717) is 11.1 Å². The maximum absolute atomic E-state index is 13.6. The number of nitrogens with zero attached hydrogens (tertiary/aromatic N) is 1. The van der Waals surface area contributed by atoms with Gasteiger partial charge in [-0.2, -0.15) is 0 Å². The predicted molar refractivity (Wildman–Crippen MR) is 128 cm³/mol. The molecule has 6 heteroatoms. The van der Waals surface area contributed by atoms with Crippen LogP contribution in [0.25, 0.3) is 0 Å². The number of amides is 2. The van der Waals surface area contributed by atoms with Crippen molar-refractivity contribution >= 4 is 20.1 Å². The normalized spacial score (nSPS) is 19.1. The van der Waals surface area contributed by atoms with Gasteiger partial charge in [-0.05, 0) is 58.9 Å². The zero-order valence-corrected chi connectivity index (χ0v) is 20.9. The van der Waals surface area contributed by atoms with Gasteiger partial charge in [0.15, 0.2) is 14.4 Å². The average Bonchev–Trinajstić information content (AvgIpc) is 2.78. The molecule has 1 fully saturated rings. The molecule has 32 heavy (non-hydrogen) atoms. The molecule has 2 atom stereocenters. The molecule has 0 spiro atoms. The number of imide groups is 1. The summed E-state index contributed by atoms with van der Waals surface area (Å²) in [6.45, 7) is 12.7. The van der Waals surface area contributed by atoms with Gasteiger partial charge < -0.3 is 4.43 Å². The van der Waals surface area contributed by atoms with Crippen molar-refractivity contribution in [2.75, 3.05) is 0 Å². The molecule has 0 saturated carbocycles. The number of hydrogen-bond donors (Lipinski definition) is 0. The lowest BCUT2D eigenvalue weighted by atomic mass is 9.86. The molecule has 0 bridgehead atoms. The highest BCUT2D eigenvalue weighted by atomic mass is 28.4. The average molecular weight is 456 g/mol. The van der Waals surface area contributed by atoms with Gasteiger partial charge in [0.05, 0.1) is 6.04 Å². The highest BCUT2D eigenvalue weighted by molar-refractivity contribution is 6.73. The van der Waals surface area contributed by atoms with E-state index in [1.807, 2.05) is 12.1 Å². The molecule has 1 aliphatic rings. The summed E-state index contributed by atoms with van der Waals surface area (Å²) in [7, 11) is -2.08. The van der Waals surface area contributed by atoms with E-state index in [0.717, 1.165) is 23.7 Å². The predicted octanol–water partition coefficient (Wildman–Crippen LogP) is 6.24. The van der Waals surface area contributed by atoms with Gasteiger partial charge in [0.2, 0.25) is 0 Å². The van der Waals surface area contributed by atoms with Crippen LogP contribution < -0.4 is 0 Å². The summed E-state index contributed by atoms with van der Waals surface area (Å²) in [5.74, 6) is -1.01. The molecular weight excluding hydrogens is 421 g/mol. The first-order valence-electron chi connectivity index (χ1n) is 11.5. The maximum atomic E-state index is 13.6. The summed E-state index contributed by atoms with van der Waals surface area (Å²) in [4.78, 5) is 27.8. The van der Waals surface area contributed by atoms with Crippen LogP contribution in [0.15, 0.2) is 48.5 Å². The Hall–Kier alpha value is -2.31. The molecule has 0 aromatic heterocycles. The van der Waals surface area contributed by atoms with Crippen molar-refractivity contribution in [1.82, 2.24) is 4.90 Å². The Morgan fingerprint density at radius 3 is 1.97 bits per heavy atom. The van der Waals surface area contributed by atoms with Gasteiger partial charge in [0.25, 0.3) is 11.8 Å². The number of halogens is 1. The molecule has 0 radical (unpaired) electrons. The second-order valence-corrected chi connectivity index (χ2v) is 14.3. The Morgan fingerprint density at radius 2 is 1.50 bits per heavy atom. The van der Waals surface area contributed by atoms with Crippen molar-refractivity contribution in [3.8, 4) is 0 Å². The number of benzene rings is 2. The molecular formula is C26H34FNO3Si. The van der Waals surface area contributed by atoms with Crippen LogP contribution in [-0.4, -0.2) is 31.1 Å². The van der Waals surface area contributed by atoms with Gasteiger partial charge in [0.1, 0.15) is 5.82 Å². The molecule has 1 heterocycles. The van der Waals surface area contributed by atoms with Crippen molar-refractivity contribution in [3.63, 3.8) is 0 Å². The van der Waals surface area contributed by atoms with E-state index in [9.17, 15) is 14.0 Å². The monoisotopic (exact) mass is 455 g/mol. The second kappa shape index (κ2) is 9.28. The first-order valence-corrected chi connectivity index (χ1v) is 14.0. The Kier molecular flexibility index (Phi) is 7.05. The van der Waals surface area contributed by atoms with Crippen molar-refractivity contribution < 1.29 is 18.4 Å². The summed E-state index contributed by atoms with van der Waals surface area (Å²) in [6.07, 6.45) is -0.704. The molecule has 2 amide bonds. The van der Waals surface area contributed by atoms with Crippen LogP contribution in [0.1, 0.15) is 69.1 Å². The Bertz CT molecular complexity index is 954. The lowest BCUT2D eigenvalue weighted by Crippen LogP contribution is -2.64. The number of rotatable bonds is 7. The third-order valence-electron chi connectivity index (χ3n) is 6.78. The van der Waals surface area contributed by atoms with Crippen molar-refractivity contribution in [2.24, 2.45) is 0 Å². The first-order chi connectivity index (χ1) is 15.1. The smallest absolute Gasteiger partial charge is 0.261 e. The topological polar surface area (TPSA) is 46.6 Å². The van der Waals surface area contributed by atoms with Gasteiger partial charge in [0, 0.05) is 5.56 Å². The van der Waals surface area contributed by atoms with E-state index in [1.54, 1.807) is 24.3 Å². The SMILES string of the molecule is CC[Si](CC)(CC)OC1C(=O)N(C(=O)c2ccc(C(C)(C)C)cc2)C1c1ccc(F)cc1. The molecule has 4 nitrogen and oxygen atoms in total. The van der Waals surface area contributed by atoms with E-state index in [1.165, 1.54) is 17.0 Å². The minimum Gasteiger partial charge on any atom is -0.403 e. The minimum absolute atomic E-state index is 0.0296. The van der Waals surface area contributed by atoms with Crippen molar-refractivity contribution in [3.05, 3.63) is 71.0 Å². The fraction of sp³-hybridized carbons (Fsp3) is 0.462. The number of β-lactam (4-membered cyclic amide) rings is 1. The standard InChI is InChI=1S/C26H34FNO3Si/c1-7-32(8-2,9-3)31-23-22(18-12-16-21(27)17-13-18)28(25(23)30)24(29)19-10-14-20(15-11-19)26(4,5)6/h10-17,22-23H,7-9H2,1-6H3. The van der Waals surface area contributed by atoms with Crippen molar-refractivity contribution in [2.45, 2.75) is 77.2 Å². The van der Waals surface area contributed by atoms with Gasteiger partial charge in [-0.15, -0.1) is 0 Å². The quantitative estimate of drug-likeness (QED) is 0.282. The number of likely N-dealkylation sites (tertiary alicyclic amines) is 1. The largest absolute Gasteiger partial charge is 0.403 e. The van der Waals surface area contributed by atoms with Crippen LogP contribution >= 0.6 is 0 Å². The molecule has 2 aromatic carbocycles. The molecule has 2 aromatic rings. The highest BCUT2D eigenvalue weighted by Gasteiger charge is 2.54. The molecule has 0 aliphatic carbocycles. The molecule has 1 aliphatic heterocycles. The Labute approximate surface area is 191 Å². The zero-order chi connectivity index (χ0) is 23.7. The van der Waals surface area contributed by atoms with Gasteiger partial charge in [-0.25, -0.2) is 4.39 Å². The minimum atomic E-state index is -2.08. The molecule has 1 saturated heterocycles. The Morgan fingerprint density at radius 1 is 0.969 bits per heavy atom. The van der Waals surface area contributed by atoms with Crippen LogP contribution in [0.5, 0.6) is 0 Å². The fourth-order valence-electron chi connectivity index (χ4n) is 4.31. The summed E-state index contributed by atoms with van der Waals surface area (Å²) in [5, 5.41) is 0. The van der Waals surface area contributed by atoms with Crippen LogP contribution in [0, 0.1) is 5.82 Å². The van der Waals surface area contributed by atoms with E-state index < -0.39 is 20.5 Å². The summed E-state index contributed by atoms with van der Waals surface area (Å²) >= 11 is 0. The van der Waals surface area contributed by atoms with Crippen LogP contribution in [0.2, 0.25) is 18.1 Å². The fourth-order valence-corrected chi connectivity index (χ4v) is 7.08. The zero-order valence-electron chi connectivity index (χ0n) is 19.9. The summed E-state index contributed by atoms with van der Waals surface area (Å²) in [5.41, 5.74) is 2.26. The third-order valence-corrected chi connectivity index (χ3v) is 11.4. The number of carbonyl (C=O) groups is 2. The van der Waals surface area contributed by atoms with Crippen LogP contribution in [-0.2, 0) is 14.6 Å². The second-order valence-electron chi connectivity index (χ2n) is 9.62. The van der Waals surface area contributed by atoms with E-state index >= 15 is 0 Å². The highest BCUT2D eigenvalue weighted by Crippen LogP contribution is 2.41. The molecule has 172 valence electrons. The number of hydrogen-bond acceptors (Lipinski definition) is 3. The summed E-state index contributed by atoms with van der Waals surface area (Å²) in [6, 6.07) is 15.6. The van der Waals surface area contributed by atoms with Crippen LogP contribution in [0.3, 0.4) is 0 Å². The Balaban J connectivity index is 1.94. The number of carbonyl (C=O) groups excluding carboxylic acids is 2. The molecule has 0 N–H and O–H groups in total. The van der Waals surface area contributed by atoms with Crippen molar-refractivity contribution in [1.29, 1.82) is 0 Å². The van der Waals surface area contributed by atoms with Crippen LogP contribution in [0.4, 0.5) is 4.39 Å². The van der Waals surface area contributed by atoms with Gasteiger partial charge in [-0.3, -0.25) is 14.5 Å². The molecule has 3 rings (SSSR count).